The minimum absolute atomic E-state index is 0.179. The average Bonchev–Trinajstić information content (AvgIpc) is 2.23. The van der Waals surface area contributed by atoms with Crippen LogP contribution in [0.5, 0.6) is 0 Å². The standard InChI is InChI=1S/C12H18FNO/c1-3-15-7-6-14-9-11-8-12(13)5-4-10(11)2/h4-5,8,14H,3,6-7,9H2,1-2H3. The quantitative estimate of drug-likeness (QED) is 0.729. The van der Waals surface area contributed by atoms with Crippen LogP contribution in [0.2, 0.25) is 0 Å². The molecule has 1 aromatic carbocycles. The third-order valence-corrected chi connectivity index (χ3v) is 2.25. The molecule has 0 aliphatic rings. The van der Waals surface area contributed by atoms with Crippen LogP contribution < -0.4 is 5.32 Å². The molecule has 0 atom stereocenters. The molecule has 0 unspecified atom stereocenters. The molecular formula is C12H18FNO. The third-order valence-electron chi connectivity index (χ3n) is 2.25. The Labute approximate surface area is 90.4 Å². The lowest BCUT2D eigenvalue weighted by molar-refractivity contribution is 0.149. The van der Waals surface area contributed by atoms with Crippen molar-refractivity contribution in [3.63, 3.8) is 0 Å². The van der Waals surface area contributed by atoms with E-state index in [1.54, 1.807) is 12.1 Å². The van der Waals surface area contributed by atoms with Crippen molar-refractivity contribution < 1.29 is 9.13 Å². The van der Waals surface area contributed by atoms with Crippen molar-refractivity contribution >= 4 is 0 Å². The van der Waals surface area contributed by atoms with Crippen molar-refractivity contribution in [3.8, 4) is 0 Å². The van der Waals surface area contributed by atoms with E-state index in [0.29, 0.717) is 13.2 Å². The summed E-state index contributed by atoms with van der Waals surface area (Å²) in [5.41, 5.74) is 2.12. The lowest BCUT2D eigenvalue weighted by atomic mass is 10.1. The summed E-state index contributed by atoms with van der Waals surface area (Å²) in [5.74, 6) is -0.179. The van der Waals surface area contributed by atoms with Crippen molar-refractivity contribution in [1.29, 1.82) is 0 Å². The van der Waals surface area contributed by atoms with E-state index in [-0.39, 0.29) is 5.82 Å². The predicted molar refractivity (Wildman–Crippen MR) is 59.3 cm³/mol. The Morgan fingerprint density at radius 1 is 1.40 bits per heavy atom. The van der Waals surface area contributed by atoms with Gasteiger partial charge in [-0.15, -0.1) is 0 Å². The second-order valence-corrected chi connectivity index (χ2v) is 3.44. The molecule has 1 rings (SSSR count). The van der Waals surface area contributed by atoms with Crippen LogP contribution in [0, 0.1) is 12.7 Å². The molecule has 15 heavy (non-hydrogen) atoms. The van der Waals surface area contributed by atoms with Gasteiger partial charge in [0.15, 0.2) is 0 Å². The average molecular weight is 211 g/mol. The van der Waals surface area contributed by atoms with Gasteiger partial charge in [0.2, 0.25) is 0 Å². The molecule has 1 aromatic rings. The Balaban J connectivity index is 2.33. The van der Waals surface area contributed by atoms with Gasteiger partial charge in [-0.2, -0.15) is 0 Å². The highest BCUT2D eigenvalue weighted by molar-refractivity contribution is 5.26. The molecule has 3 heteroatoms. The number of rotatable bonds is 6. The van der Waals surface area contributed by atoms with Crippen LogP contribution >= 0.6 is 0 Å². The minimum Gasteiger partial charge on any atom is -0.380 e. The molecule has 0 spiro atoms. The summed E-state index contributed by atoms with van der Waals surface area (Å²) in [6.45, 7) is 6.88. The zero-order valence-electron chi connectivity index (χ0n) is 9.35. The Kier molecular flexibility index (Phi) is 5.29. The van der Waals surface area contributed by atoms with Crippen LogP contribution in [0.3, 0.4) is 0 Å². The van der Waals surface area contributed by atoms with E-state index in [1.165, 1.54) is 6.07 Å². The lowest BCUT2D eigenvalue weighted by Crippen LogP contribution is -2.19. The van der Waals surface area contributed by atoms with E-state index in [0.717, 1.165) is 24.3 Å². The molecule has 0 fully saturated rings. The van der Waals surface area contributed by atoms with Gasteiger partial charge in [-0.3, -0.25) is 0 Å². The molecule has 0 saturated heterocycles. The molecule has 2 nitrogen and oxygen atoms in total. The predicted octanol–water partition coefficient (Wildman–Crippen LogP) is 2.26. The van der Waals surface area contributed by atoms with Gasteiger partial charge in [-0.25, -0.2) is 4.39 Å². The highest BCUT2D eigenvalue weighted by Crippen LogP contribution is 2.09. The Morgan fingerprint density at radius 3 is 2.93 bits per heavy atom. The molecule has 0 heterocycles. The third kappa shape index (κ3) is 4.40. The Bertz CT molecular complexity index is 302. The summed E-state index contributed by atoms with van der Waals surface area (Å²) in [6, 6.07) is 4.86. The summed E-state index contributed by atoms with van der Waals surface area (Å²) in [7, 11) is 0. The zero-order valence-corrected chi connectivity index (χ0v) is 9.35. The van der Waals surface area contributed by atoms with Crippen LogP contribution in [0.1, 0.15) is 18.1 Å². The van der Waals surface area contributed by atoms with Crippen LogP contribution in [0.25, 0.3) is 0 Å². The monoisotopic (exact) mass is 211 g/mol. The summed E-state index contributed by atoms with van der Waals surface area (Å²) in [6.07, 6.45) is 0. The van der Waals surface area contributed by atoms with Crippen LogP contribution in [0.15, 0.2) is 18.2 Å². The van der Waals surface area contributed by atoms with Crippen LogP contribution in [0.4, 0.5) is 4.39 Å². The number of hydrogen-bond donors (Lipinski definition) is 1. The van der Waals surface area contributed by atoms with Gasteiger partial charge in [0.05, 0.1) is 6.61 Å². The molecule has 0 aromatic heterocycles. The van der Waals surface area contributed by atoms with Crippen molar-refractivity contribution in [3.05, 3.63) is 35.1 Å². The maximum absolute atomic E-state index is 12.9. The first-order valence-corrected chi connectivity index (χ1v) is 5.27. The van der Waals surface area contributed by atoms with E-state index in [9.17, 15) is 4.39 Å². The molecule has 84 valence electrons. The highest BCUT2D eigenvalue weighted by atomic mass is 19.1. The van der Waals surface area contributed by atoms with E-state index < -0.39 is 0 Å². The van der Waals surface area contributed by atoms with E-state index in [1.807, 2.05) is 13.8 Å². The van der Waals surface area contributed by atoms with Crippen LogP contribution in [-0.4, -0.2) is 19.8 Å². The number of ether oxygens (including phenoxy) is 1. The topological polar surface area (TPSA) is 21.3 Å². The van der Waals surface area contributed by atoms with Gasteiger partial charge in [-0.1, -0.05) is 6.07 Å². The maximum atomic E-state index is 12.9. The van der Waals surface area contributed by atoms with Crippen molar-refractivity contribution in [2.45, 2.75) is 20.4 Å². The smallest absolute Gasteiger partial charge is 0.123 e. The molecular weight excluding hydrogens is 193 g/mol. The summed E-state index contributed by atoms with van der Waals surface area (Å²) in [4.78, 5) is 0. The first kappa shape index (κ1) is 12.1. The molecule has 0 radical (unpaired) electrons. The van der Waals surface area contributed by atoms with Crippen molar-refractivity contribution in [1.82, 2.24) is 5.32 Å². The largest absolute Gasteiger partial charge is 0.380 e. The number of aryl methyl sites for hydroxylation is 1. The molecule has 0 bridgehead atoms. The normalized spacial score (nSPS) is 10.6. The highest BCUT2D eigenvalue weighted by Gasteiger charge is 1.99. The van der Waals surface area contributed by atoms with E-state index >= 15 is 0 Å². The van der Waals surface area contributed by atoms with Gasteiger partial charge in [0.1, 0.15) is 5.82 Å². The number of nitrogens with one attached hydrogen (secondary N) is 1. The van der Waals surface area contributed by atoms with Crippen molar-refractivity contribution in [2.75, 3.05) is 19.8 Å². The second kappa shape index (κ2) is 6.53. The maximum Gasteiger partial charge on any atom is 0.123 e. The minimum atomic E-state index is -0.179. The van der Waals surface area contributed by atoms with E-state index in [2.05, 4.69) is 5.32 Å². The lowest BCUT2D eigenvalue weighted by Gasteiger charge is -2.07. The molecule has 0 aliphatic carbocycles. The zero-order chi connectivity index (χ0) is 11.1. The summed E-state index contributed by atoms with van der Waals surface area (Å²) < 4.78 is 18.1. The number of halogens is 1. The Hall–Kier alpha value is -0.930. The number of hydrogen-bond acceptors (Lipinski definition) is 2. The molecule has 1 N–H and O–H groups in total. The first-order chi connectivity index (χ1) is 7.24. The molecule has 0 aliphatic heterocycles. The van der Waals surface area contributed by atoms with Gasteiger partial charge in [0.25, 0.3) is 0 Å². The van der Waals surface area contributed by atoms with Crippen molar-refractivity contribution in [2.24, 2.45) is 0 Å². The number of benzene rings is 1. The molecule has 0 amide bonds. The fourth-order valence-electron chi connectivity index (χ4n) is 1.34. The summed E-state index contributed by atoms with van der Waals surface area (Å²) in [5, 5.41) is 3.21. The fourth-order valence-corrected chi connectivity index (χ4v) is 1.34. The van der Waals surface area contributed by atoms with Gasteiger partial charge in [-0.05, 0) is 37.1 Å². The summed E-state index contributed by atoms with van der Waals surface area (Å²) >= 11 is 0. The molecule has 0 saturated carbocycles. The Morgan fingerprint density at radius 2 is 2.20 bits per heavy atom. The van der Waals surface area contributed by atoms with E-state index in [4.69, 9.17) is 4.74 Å². The van der Waals surface area contributed by atoms with Gasteiger partial charge in [0, 0.05) is 19.7 Å². The second-order valence-electron chi connectivity index (χ2n) is 3.44. The first-order valence-electron chi connectivity index (χ1n) is 5.27. The fraction of sp³-hybridized carbons (Fsp3) is 0.500. The van der Waals surface area contributed by atoms with Gasteiger partial charge >= 0.3 is 0 Å². The van der Waals surface area contributed by atoms with Crippen LogP contribution in [-0.2, 0) is 11.3 Å². The van der Waals surface area contributed by atoms with Gasteiger partial charge < -0.3 is 10.1 Å². The SMILES string of the molecule is CCOCCNCc1cc(F)ccc1C.